The smallest absolute Gasteiger partial charge is 0.408 e. The number of rotatable bonds is 6. The largest absolute Gasteiger partial charge is 0.420 e. The fourth-order valence-electron chi connectivity index (χ4n) is 4.24. The molecule has 31 heavy (non-hydrogen) atoms. The Bertz CT molecular complexity index is 1120. The summed E-state index contributed by atoms with van der Waals surface area (Å²) in [5.41, 5.74) is 2.08. The lowest BCUT2D eigenvalue weighted by Crippen LogP contribution is -2.54. The Morgan fingerprint density at radius 3 is 2.61 bits per heavy atom. The monoisotopic (exact) mass is 423 g/mol. The van der Waals surface area contributed by atoms with E-state index in [9.17, 15) is 14.4 Å². The number of para-hydroxylation sites is 2. The fraction of sp³-hybridized carbons (Fsp3) is 0.348. The molecule has 0 unspecified atom stereocenters. The number of carbonyl (C=O) groups is 2. The van der Waals surface area contributed by atoms with E-state index in [-0.39, 0.29) is 43.3 Å². The summed E-state index contributed by atoms with van der Waals surface area (Å²) in [5.74, 6) is -0.998. The van der Waals surface area contributed by atoms with Crippen LogP contribution in [0, 0.1) is 0 Å². The molecule has 0 bridgehead atoms. The van der Waals surface area contributed by atoms with Crippen LogP contribution in [0.2, 0.25) is 0 Å². The van der Waals surface area contributed by atoms with Gasteiger partial charge >= 0.3 is 5.76 Å². The maximum Gasteiger partial charge on any atom is 0.420 e. The minimum atomic E-state index is -0.584. The lowest BCUT2D eigenvalue weighted by Gasteiger charge is -2.39. The van der Waals surface area contributed by atoms with Gasteiger partial charge in [-0.25, -0.2) is 4.79 Å². The van der Waals surface area contributed by atoms with E-state index >= 15 is 0 Å². The molecule has 1 aromatic heterocycles. The number of amides is 2. The molecule has 3 aromatic rings. The summed E-state index contributed by atoms with van der Waals surface area (Å²) in [7, 11) is 0. The molecular formula is C23H25N3O5. The molecule has 1 fully saturated rings. The number of carbonyl (C=O) groups excluding carboxylic acids is 2. The van der Waals surface area contributed by atoms with Gasteiger partial charge in [0.2, 0.25) is 11.8 Å². The van der Waals surface area contributed by atoms with E-state index in [1.807, 2.05) is 30.3 Å². The van der Waals surface area contributed by atoms with E-state index in [1.165, 1.54) is 4.57 Å². The molecule has 2 N–H and O–H groups in total. The summed E-state index contributed by atoms with van der Waals surface area (Å²) in [5, 5.41) is 12.1. The van der Waals surface area contributed by atoms with Crippen LogP contribution in [0.1, 0.15) is 24.3 Å². The van der Waals surface area contributed by atoms with Gasteiger partial charge in [-0.1, -0.05) is 42.5 Å². The molecule has 0 radical (unpaired) electrons. The second-order valence-electron chi connectivity index (χ2n) is 7.72. The molecule has 4 rings (SSSR count). The molecule has 0 spiro atoms. The fourth-order valence-corrected chi connectivity index (χ4v) is 4.24. The van der Waals surface area contributed by atoms with Gasteiger partial charge in [-0.3, -0.25) is 14.2 Å². The minimum Gasteiger partial charge on any atom is -0.408 e. The number of benzene rings is 2. The van der Waals surface area contributed by atoms with Gasteiger partial charge in [0, 0.05) is 25.4 Å². The van der Waals surface area contributed by atoms with Crippen LogP contribution in [0.5, 0.6) is 0 Å². The topological polar surface area (TPSA) is 105 Å². The molecule has 0 aliphatic carbocycles. The van der Waals surface area contributed by atoms with Gasteiger partial charge in [-0.15, -0.1) is 0 Å². The molecular weight excluding hydrogens is 398 g/mol. The predicted molar refractivity (Wildman–Crippen MR) is 114 cm³/mol. The molecule has 2 atom stereocenters. The SMILES string of the molecule is O=C(Cn1c(=O)oc2ccccc21)N[C@@H]1CN(C(=O)CCO)CC[C@H]1c1ccccc1. The van der Waals surface area contributed by atoms with Crippen molar-refractivity contribution in [2.24, 2.45) is 0 Å². The molecule has 1 aliphatic rings. The Balaban J connectivity index is 1.54. The van der Waals surface area contributed by atoms with Crippen LogP contribution in [0.4, 0.5) is 0 Å². The summed E-state index contributed by atoms with van der Waals surface area (Å²) in [4.78, 5) is 39.1. The molecule has 162 valence electrons. The van der Waals surface area contributed by atoms with Crippen LogP contribution in [-0.4, -0.2) is 52.1 Å². The van der Waals surface area contributed by atoms with Crippen LogP contribution >= 0.6 is 0 Å². The summed E-state index contributed by atoms with van der Waals surface area (Å²) >= 11 is 0. The van der Waals surface area contributed by atoms with E-state index < -0.39 is 5.76 Å². The standard InChI is InChI=1S/C23H25N3O5/c27-13-11-22(29)25-12-10-17(16-6-2-1-3-7-16)18(14-25)24-21(28)15-26-19-8-4-5-9-20(19)31-23(26)30/h1-9,17-18,27H,10-15H2,(H,24,28)/t17-,18+/m0/s1. The highest BCUT2D eigenvalue weighted by Gasteiger charge is 2.33. The summed E-state index contributed by atoms with van der Waals surface area (Å²) in [6.45, 7) is 0.547. The summed E-state index contributed by atoms with van der Waals surface area (Å²) in [6.07, 6.45) is 0.758. The number of nitrogens with one attached hydrogen (secondary N) is 1. The van der Waals surface area contributed by atoms with Crippen molar-refractivity contribution in [1.82, 2.24) is 14.8 Å². The number of aromatic nitrogens is 1. The van der Waals surface area contributed by atoms with Gasteiger partial charge in [0.15, 0.2) is 5.58 Å². The second kappa shape index (κ2) is 9.18. The molecule has 1 saturated heterocycles. The van der Waals surface area contributed by atoms with Gasteiger partial charge in [-0.05, 0) is 24.1 Å². The van der Waals surface area contributed by atoms with Gasteiger partial charge < -0.3 is 19.7 Å². The Labute approximate surface area is 179 Å². The summed E-state index contributed by atoms with van der Waals surface area (Å²) in [6, 6.07) is 16.5. The first-order chi connectivity index (χ1) is 15.1. The zero-order valence-electron chi connectivity index (χ0n) is 17.1. The first kappa shape index (κ1) is 20.9. The number of aliphatic hydroxyl groups is 1. The molecule has 1 aliphatic heterocycles. The highest BCUT2D eigenvalue weighted by atomic mass is 16.4. The van der Waals surface area contributed by atoms with Crippen molar-refractivity contribution >= 4 is 22.9 Å². The first-order valence-electron chi connectivity index (χ1n) is 10.4. The minimum absolute atomic E-state index is 0.0427. The molecule has 0 saturated carbocycles. The Hall–Kier alpha value is -3.39. The maximum absolute atomic E-state index is 12.9. The summed E-state index contributed by atoms with van der Waals surface area (Å²) < 4.78 is 6.51. The lowest BCUT2D eigenvalue weighted by atomic mass is 9.85. The molecule has 8 heteroatoms. The maximum atomic E-state index is 12.9. The average Bonchev–Trinajstić information content (AvgIpc) is 3.09. The number of likely N-dealkylation sites (tertiary alicyclic amines) is 1. The van der Waals surface area contributed by atoms with Gasteiger partial charge in [0.1, 0.15) is 6.54 Å². The van der Waals surface area contributed by atoms with Gasteiger partial charge in [0.25, 0.3) is 0 Å². The number of nitrogens with zero attached hydrogens (tertiary/aromatic N) is 2. The van der Waals surface area contributed by atoms with Crippen molar-refractivity contribution in [3.8, 4) is 0 Å². The number of fused-ring (bicyclic) bond motifs is 1. The highest BCUT2D eigenvalue weighted by molar-refractivity contribution is 5.80. The number of piperidine rings is 1. The highest BCUT2D eigenvalue weighted by Crippen LogP contribution is 2.28. The Kier molecular flexibility index (Phi) is 6.18. The number of oxazole rings is 1. The predicted octanol–water partition coefficient (Wildman–Crippen LogP) is 1.48. The van der Waals surface area contributed by atoms with Gasteiger partial charge in [0.05, 0.1) is 18.2 Å². The van der Waals surface area contributed by atoms with Crippen molar-refractivity contribution in [3.63, 3.8) is 0 Å². The third kappa shape index (κ3) is 4.54. The quantitative estimate of drug-likeness (QED) is 0.625. The van der Waals surface area contributed by atoms with Crippen LogP contribution in [0.15, 0.2) is 63.8 Å². The number of hydrogen-bond acceptors (Lipinski definition) is 5. The Morgan fingerprint density at radius 2 is 1.84 bits per heavy atom. The van der Waals surface area contributed by atoms with E-state index in [2.05, 4.69) is 5.32 Å². The molecule has 2 aromatic carbocycles. The van der Waals surface area contributed by atoms with Gasteiger partial charge in [-0.2, -0.15) is 0 Å². The average molecular weight is 423 g/mol. The van der Waals surface area contributed by atoms with E-state index in [0.29, 0.717) is 30.6 Å². The van der Waals surface area contributed by atoms with Crippen molar-refractivity contribution in [3.05, 3.63) is 70.7 Å². The van der Waals surface area contributed by atoms with Crippen molar-refractivity contribution in [2.75, 3.05) is 19.7 Å². The van der Waals surface area contributed by atoms with Crippen LogP contribution in [0.25, 0.3) is 11.1 Å². The molecule has 2 heterocycles. The van der Waals surface area contributed by atoms with Crippen molar-refractivity contribution in [2.45, 2.75) is 31.3 Å². The normalized spacial score (nSPS) is 18.8. The molecule has 8 nitrogen and oxygen atoms in total. The van der Waals surface area contributed by atoms with Crippen LogP contribution in [-0.2, 0) is 16.1 Å². The first-order valence-corrected chi connectivity index (χ1v) is 10.4. The zero-order chi connectivity index (χ0) is 21.8. The number of hydrogen-bond donors (Lipinski definition) is 2. The zero-order valence-corrected chi connectivity index (χ0v) is 17.1. The van der Waals surface area contributed by atoms with Crippen molar-refractivity contribution in [1.29, 1.82) is 0 Å². The third-order valence-electron chi connectivity index (χ3n) is 5.74. The van der Waals surface area contributed by atoms with Crippen molar-refractivity contribution < 1.29 is 19.1 Å². The van der Waals surface area contributed by atoms with E-state index in [1.54, 1.807) is 29.2 Å². The molecule has 2 amide bonds. The van der Waals surface area contributed by atoms with E-state index in [0.717, 1.165) is 5.56 Å². The Morgan fingerprint density at radius 1 is 1.10 bits per heavy atom. The van der Waals surface area contributed by atoms with Crippen LogP contribution in [0.3, 0.4) is 0 Å². The van der Waals surface area contributed by atoms with E-state index in [4.69, 9.17) is 9.52 Å². The third-order valence-corrected chi connectivity index (χ3v) is 5.74. The second-order valence-corrected chi connectivity index (χ2v) is 7.72. The van der Waals surface area contributed by atoms with Crippen LogP contribution < -0.4 is 11.1 Å². The lowest BCUT2D eigenvalue weighted by molar-refractivity contribution is -0.134. The number of aliphatic hydroxyl groups excluding tert-OH is 1.